The molecule has 0 radical (unpaired) electrons. The molecule has 0 atom stereocenters. The number of nitrogens with one attached hydrogen (secondary N) is 1. The molecule has 0 aromatic heterocycles. The Hall–Kier alpha value is -1.60. The van der Waals surface area contributed by atoms with E-state index in [4.69, 9.17) is 5.26 Å². The van der Waals surface area contributed by atoms with E-state index in [1.807, 2.05) is 6.07 Å². The van der Waals surface area contributed by atoms with Gasteiger partial charge in [-0.05, 0) is 52.1 Å². The number of benzene rings is 1. The molecule has 0 heterocycles. The van der Waals surface area contributed by atoms with Gasteiger partial charge in [-0.25, -0.2) is 4.39 Å². The molecule has 0 amide bonds. The Kier molecular flexibility index (Phi) is 5.60. The number of hydrogen-bond donors (Lipinski definition) is 1. The monoisotopic (exact) mass is 249 g/mol. The Balaban J connectivity index is 2.36. The summed E-state index contributed by atoms with van der Waals surface area (Å²) in [6, 6.07) is 6.94. The highest BCUT2D eigenvalue weighted by Crippen LogP contribution is 2.13. The number of nitriles is 1. The van der Waals surface area contributed by atoms with E-state index < -0.39 is 5.82 Å². The van der Waals surface area contributed by atoms with Crippen molar-refractivity contribution < 1.29 is 4.39 Å². The fourth-order valence-corrected chi connectivity index (χ4v) is 1.54. The lowest BCUT2D eigenvalue weighted by molar-refractivity contribution is 0.273. The van der Waals surface area contributed by atoms with Gasteiger partial charge < -0.3 is 10.2 Å². The van der Waals surface area contributed by atoms with Crippen LogP contribution in [0.4, 0.5) is 10.1 Å². The largest absolute Gasteiger partial charge is 0.385 e. The Bertz CT molecular complexity index is 424. The maximum absolute atomic E-state index is 13.3. The van der Waals surface area contributed by atoms with E-state index in [1.165, 1.54) is 12.1 Å². The first kappa shape index (κ1) is 14.5. The van der Waals surface area contributed by atoms with Crippen molar-refractivity contribution in [2.45, 2.75) is 26.3 Å². The van der Waals surface area contributed by atoms with Crippen LogP contribution in [0.1, 0.15) is 25.8 Å². The highest BCUT2D eigenvalue weighted by Gasteiger charge is 2.03. The summed E-state index contributed by atoms with van der Waals surface area (Å²) in [4.78, 5) is 2.26. The molecule has 0 aliphatic heterocycles. The van der Waals surface area contributed by atoms with Gasteiger partial charge in [0.1, 0.15) is 11.9 Å². The van der Waals surface area contributed by atoms with E-state index in [1.54, 1.807) is 6.07 Å². The Labute approximate surface area is 108 Å². The zero-order chi connectivity index (χ0) is 13.5. The molecule has 0 spiro atoms. The summed E-state index contributed by atoms with van der Waals surface area (Å²) in [7, 11) is 2.09. The molecule has 0 aliphatic rings. The molecular weight excluding hydrogens is 229 g/mol. The van der Waals surface area contributed by atoms with Crippen molar-refractivity contribution in [1.29, 1.82) is 5.26 Å². The van der Waals surface area contributed by atoms with E-state index in [0.717, 1.165) is 25.2 Å². The first-order valence-electron chi connectivity index (χ1n) is 6.18. The summed E-state index contributed by atoms with van der Waals surface area (Å²) in [6.45, 7) is 6.11. The average Bonchev–Trinajstić information content (AvgIpc) is 2.34. The van der Waals surface area contributed by atoms with Gasteiger partial charge in [0.25, 0.3) is 0 Å². The second kappa shape index (κ2) is 6.97. The van der Waals surface area contributed by atoms with Gasteiger partial charge in [0.15, 0.2) is 0 Å². The first-order valence-corrected chi connectivity index (χ1v) is 6.18. The zero-order valence-electron chi connectivity index (χ0n) is 11.2. The molecule has 0 saturated carbocycles. The smallest absolute Gasteiger partial charge is 0.143 e. The molecule has 0 aliphatic carbocycles. The van der Waals surface area contributed by atoms with Crippen LogP contribution < -0.4 is 5.32 Å². The summed E-state index contributed by atoms with van der Waals surface area (Å²) in [5, 5.41) is 11.8. The van der Waals surface area contributed by atoms with Crippen LogP contribution in [0.2, 0.25) is 0 Å². The maximum atomic E-state index is 13.3. The Morgan fingerprint density at radius 1 is 1.44 bits per heavy atom. The van der Waals surface area contributed by atoms with Gasteiger partial charge >= 0.3 is 0 Å². The number of nitrogens with zero attached hydrogens (tertiary/aromatic N) is 2. The third-order valence-corrected chi connectivity index (χ3v) is 2.99. The van der Waals surface area contributed by atoms with Crippen molar-refractivity contribution in [3.63, 3.8) is 0 Å². The summed E-state index contributed by atoms with van der Waals surface area (Å²) in [5.41, 5.74) is 0.804. The lowest BCUT2D eigenvalue weighted by atomic mass is 10.2. The molecule has 18 heavy (non-hydrogen) atoms. The van der Waals surface area contributed by atoms with Gasteiger partial charge in [-0.15, -0.1) is 0 Å². The van der Waals surface area contributed by atoms with E-state index in [9.17, 15) is 4.39 Å². The summed E-state index contributed by atoms with van der Waals surface area (Å²) < 4.78 is 13.3. The van der Waals surface area contributed by atoms with E-state index in [2.05, 4.69) is 31.1 Å². The highest BCUT2D eigenvalue weighted by molar-refractivity contribution is 5.47. The maximum Gasteiger partial charge on any atom is 0.143 e. The summed E-state index contributed by atoms with van der Waals surface area (Å²) in [5.74, 6) is -0.471. The van der Waals surface area contributed by atoms with Gasteiger partial charge in [-0.3, -0.25) is 0 Å². The molecule has 1 aromatic carbocycles. The fourth-order valence-electron chi connectivity index (χ4n) is 1.54. The SMILES string of the molecule is CC(C)N(C)CCCNc1ccc(C#N)c(F)c1. The number of hydrogen-bond acceptors (Lipinski definition) is 3. The summed E-state index contributed by atoms with van der Waals surface area (Å²) in [6.07, 6.45) is 0.996. The molecular formula is C14H20FN3. The standard InChI is InChI=1S/C14H20FN3/c1-11(2)18(3)8-4-7-17-13-6-5-12(10-16)14(15)9-13/h5-6,9,11,17H,4,7-8H2,1-3H3. The van der Waals surface area contributed by atoms with Crippen LogP contribution >= 0.6 is 0 Å². The third kappa shape index (κ3) is 4.34. The van der Waals surface area contributed by atoms with Crippen LogP contribution in [-0.4, -0.2) is 31.1 Å². The molecule has 1 rings (SSSR count). The fraction of sp³-hybridized carbons (Fsp3) is 0.500. The predicted octanol–water partition coefficient (Wildman–Crippen LogP) is 2.84. The number of anilines is 1. The lowest BCUT2D eigenvalue weighted by Crippen LogP contribution is -2.28. The number of halogens is 1. The quantitative estimate of drug-likeness (QED) is 0.788. The van der Waals surface area contributed by atoms with Crippen LogP contribution in [0.15, 0.2) is 18.2 Å². The molecule has 4 heteroatoms. The average molecular weight is 249 g/mol. The second-order valence-electron chi connectivity index (χ2n) is 4.66. The van der Waals surface area contributed by atoms with Crippen LogP contribution in [-0.2, 0) is 0 Å². The topological polar surface area (TPSA) is 39.1 Å². The minimum atomic E-state index is -0.471. The van der Waals surface area contributed by atoms with Crippen LogP contribution in [0.25, 0.3) is 0 Å². The molecule has 1 N–H and O–H groups in total. The van der Waals surface area contributed by atoms with Gasteiger partial charge in [0.05, 0.1) is 5.56 Å². The van der Waals surface area contributed by atoms with Gasteiger partial charge in [-0.2, -0.15) is 5.26 Å². The third-order valence-electron chi connectivity index (χ3n) is 2.99. The normalized spacial score (nSPS) is 10.7. The molecule has 0 fully saturated rings. The van der Waals surface area contributed by atoms with Crippen molar-refractivity contribution in [3.05, 3.63) is 29.6 Å². The predicted molar refractivity (Wildman–Crippen MR) is 72.0 cm³/mol. The van der Waals surface area contributed by atoms with Gasteiger partial charge in [-0.1, -0.05) is 0 Å². The number of rotatable bonds is 6. The Morgan fingerprint density at radius 2 is 2.17 bits per heavy atom. The lowest BCUT2D eigenvalue weighted by Gasteiger charge is -2.20. The molecule has 1 aromatic rings. The molecule has 0 unspecified atom stereocenters. The highest BCUT2D eigenvalue weighted by atomic mass is 19.1. The molecule has 3 nitrogen and oxygen atoms in total. The minimum Gasteiger partial charge on any atom is -0.385 e. The molecule has 0 bridgehead atoms. The Morgan fingerprint density at radius 3 is 2.72 bits per heavy atom. The van der Waals surface area contributed by atoms with Crippen LogP contribution in [0.3, 0.4) is 0 Å². The van der Waals surface area contributed by atoms with E-state index in [-0.39, 0.29) is 5.56 Å². The minimum absolute atomic E-state index is 0.0834. The van der Waals surface area contributed by atoms with E-state index in [0.29, 0.717) is 6.04 Å². The van der Waals surface area contributed by atoms with Crippen molar-refractivity contribution in [2.24, 2.45) is 0 Å². The summed E-state index contributed by atoms with van der Waals surface area (Å²) >= 11 is 0. The first-order chi connectivity index (χ1) is 8.54. The van der Waals surface area contributed by atoms with Crippen LogP contribution in [0, 0.1) is 17.1 Å². The van der Waals surface area contributed by atoms with Crippen LogP contribution in [0.5, 0.6) is 0 Å². The van der Waals surface area contributed by atoms with Crippen molar-refractivity contribution in [2.75, 3.05) is 25.5 Å². The van der Waals surface area contributed by atoms with E-state index >= 15 is 0 Å². The van der Waals surface area contributed by atoms with Gasteiger partial charge in [0.2, 0.25) is 0 Å². The van der Waals surface area contributed by atoms with Gasteiger partial charge in [0, 0.05) is 18.3 Å². The van der Waals surface area contributed by atoms with Crippen molar-refractivity contribution in [3.8, 4) is 6.07 Å². The van der Waals surface area contributed by atoms with Crippen molar-refractivity contribution >= 4 is 5.69 Å². The second-order valence-corrected chi connectivity index (χ2v) is 4.66. The van der Waals surface area contributed by atoms with Crippen molar-refractivity contribution in [1.82, 2.24) is 4.90 Å². The zero-order valence-corrected chi connectivity index (χ0v) is 11.2. The molecule has 0 saturated heterocycles. The molecule has 98 valence electrons.